The number of nitrogen functional groups attached to an aromatic ring is 1. The molecule has 2 rings (SSSR count). The lowest BCUT2D eigenvalue weighted by Crippen LogP contribution is -2.15. The number of carbonyl (C=O) groups is 1. The van der Waals surface area contributed by atoms with Crippen LogP contribution in [0.25, 0.3) is 0 Å². The first-order valence-electron chi connectivity index (χ1n) is 4.56. The monoisotopic (exact) mass is 219 g/mol. The standard InChI is InChI=1S/C10H9N3O3/c11-9-8(12-16-13-9)7(10(14)15)6-4-2-1-3-5-6/h1-5,7H,(H2,11,13)(H,14,15). The van der Waals surface area contributed by atoms with Crippen molar-refractivity contribution in [2.75, 3.05) is 5.73 Å². The smallest absolute Gasteiger partial charge is 0.317 e. The van der Waals surface area contributed by atoms with Crippen molar-refractivity contribution in [2.45, 2.75) is 5.92 Å². The molecule has 0 spiro atoms. The van der Waals surface area contributed by atoms with Gasteiger partial charge in [-0.3, -0.25) is 4.79 Å². The molecule has 82 valence electrons. The van der Waals surface area contributed by atoms with Crippen LogP contribution >= 0.6 is 0 Å². The number of aliphatic carboxylic acids is 1. The van der Waals surface area contributed by atoms with Crippen molar-refractivity contribution in [3.63, 3.8) is 0 Å². The number of rotatable bonds is 3. The van der Waals surface area contributed by atoms with E-state index in [1.54, 1.807) is 30.3 Å². The molecule has 0 amide bonds. The van der Waals surface area contributed by atoms with Gasteiger partial charge in [0.05, 0.1) is 0 Å². The van der Waals surface area contributed by atoms with E-state index in [1.165, 1.54) is 0 Å². The van der Waals surface area contributed by atoms with Crippen molar-refractivity contribution in [1.82, 2.24) is 10.3 Å². The number of nitrogens with two attached hydrogens (primary N) is 1. The Balaban J connectivity index is 2.48. The van der Waals surface area contributed by atoms with Crippen LogP contribution in [0.4, 0.5) is 5.82 Å². The SMILES string of the molecule is Nc1nonc1C(C(=O)O)c1ccccc1. The van der Waals surface area contributed by atoms with Gasteiger partial charge in [-0.1, -0.05) is 35.5 Å². The van der Waals surface area contributed by atoms with Crippen LogP contribution in [0.1, 0.15) is 17.2 Å². The highest BCUT2D eigenvalue weighted by Gasteiger charge is 2.28. The van der Waals surface area contributed by atoms with E-state index in [2.05, 4.69) is 14.9 Å². The maximum absolute atomic E-state index is 11.2. The van der Waals surface area contributed by atoms with Crippen molar-refractivity contribution in [3.05, 3.63) is 41.6 Å². The number of aromatic nitrogens is 2. The molecule has 1 aromatic carbocycles. The van der Waals surface area contributed by atoms with Crippen LogP contribution in [0.2, 0.25) is 0 Å². The second-order valence-corrected chi connectivity index (χ2v) is 3.22. The van der Waals surface area contributed by atoms with Gasteiger partial charge in [0.25, 0.3) is 0 Å². The molecule has 1 unspecified atom stereocenters. The van der Waals surface area contributed by atoms with Crippen LogP contribution in [0.3, 0.4) is 0 Å². The number of carboxylic acids is 1. The first-order chi connectivity index (χ1) is 7.70. The summed E-state index contributed by atoms with van der Waals surface area (Å²) in [7, 11) is 0. The number of anilines is 1. The number of nitrogens with zero attached hydrogens (tertiary/aromatic N) is 2. The lowest BCUT2D eigenvalue weighted by Gasteiger charge is -2.08. The van der Waals surface area contributed by atoms with Gasteiger partial charge in [-0.05, 0) is 10.7 Å². The summed E-state index contributed by atoms with van der Waals surface area (Å²) < 4.78 is 4.41. The summed E-state index contributed by atoms with van der Waals surface area (Å²) in [5.74, 6) is -2.00. The van der Waals surface area contributed by atoms with Gasteiger partial charge in [0, 0.05) is 0 Å². The highest BCUT2D eigenvalue weighted by atomic mass is 16.6. The zero-order chi connectivity index (χ0) is 11.5. The Morgan fingerprint density at radius 2 is 2.00 bits per heavy atom. The molecule has 6 heteroatoms. The number of carboxylic acid groups (broad SMARTS) is 1. The van der Waals surface area contributed by atoms with Crippen LogP contribution in [-0.2, 0) is 4.79 Å². The molecule has 2 aromatic rings. The predicted molar refractivity (Wildman–Crippen MR) is 54.6 cm³/mol. The molecule has 1 atom stereocenters. The average molecular weight is 219 g/mol. The van der Waals surface area contributed by atoms with Crippen molar-refractivity contribution in [1.29, 1.82) is 0 Å². The fourth-order valence-corrected chi connectivity index (χ4v) is 1.47. The molecule has 6 nitrogen and oxygen atoms in total. The van der Waals surface area contributed by atoms with E-state index >= 15 is 0 Å². The maximum atomic E-state index is 11.2. The number of hydrogen-bond acceptors (Lipinski definition) is 5. The molecular weight excluding hydrogens is 210 g/mol. The van der Waals surface area contributed by atoms with E-state index in [1.807, 2.05) is 0 Å². The lowest BCUT2D eigenvalue weighted by atomic mass is 9.96. The van der Waals surface area contributed by atoms with Crippen molar-refractivity contribution < 1.29 is 14.5 Å². The van der Waals surface area contributed by atoms with E-state index in [4.69, 9.17) is 10.8 Å². The van der Waals surface area contributed by atoms with Gasteiger partial charge in [0.2, 0.25) is 0 Å². The van der Waals surface area contributed by atoms with Crippen molar-refractivity contribution in [2.24, 2.45) is 0 Å². The Bertz CT molecular complexity index is 495. The third-order valence-electron chi connectivity index (χ3n) is 2.19. The van der Waals surface area contributed by atoms with E-state index in [0.29, 0.717) is 5.56 Å². The Labute approximate surface area is 90.7 Å². The van der Waals surface area contributed by atoms with Gasteiger partial charge >= 0.3 is 5.97 Å². The average Bonchev–Trinajstić information content (AvgIpc) is 2.66. The third-order valence-corrected chi connectivity index (χ3v) is 2.19. The largest absolute Gasteiger partial charge is 0.480 e. The number of hydrogen-bond donors (Lipinski definition) is 2. The molecule has 0 radical (unpaired) electrons. The Kier molecular flexibility index (Phi) is 2.55. The summed E-state index contributed by atoms with van der Waals surface area (Å²) in [6.45, 7) is 0. The van der Waals surface area contributed by atoms with Gasteiger partial charge in [-0.2, -0.15) is 0 Å². The van der Waals surface area contributed by atoms with Crippen molar-refractivity contribution in [3.8, 4) is 0 Å². The quantitative estimate of drug-likeness (QED) is 0.793. The Hall–Kier alpha value is -2.37. The maximum Gasteiger partial charge on any atom is 0.317 e. The van der Waals surface area contributed by atoms with E-state index in [-0.39, 0.29) is 11.5 Å². The molecule has 0 saturated heterocycles. The summed E-state index contributed by atoms with van der Waals surface area (Å²) in [4.78, 5) is 11.2. The van der Waals surface area contributed by atoms with Crippen LogP contribution in [0, 0.1) is 0 Å². The van der Waals surface area contributed by atoms with Crippen LogP contribution < -0.4 is 5.73 Å². The molecule has 0 fully saturated rings. The van der Waals surface area contributed by atoms with Gasteiger partial charge in [-0.15, -0.1) is 0 Å². The minimum Gasteiger partial charge on any atom is -0.480 e. The van der Waals surface area contributed by atoms with E-state index in [9.17, 15) is 4.79 Å². The fourth-order valence-electron chi connectivity index (χ4n) is 1.47. The first kappa shape index (κ1) is 10.2. The molecule has 0 aliphatic rings. The first-order valence-corrected chi connectivity index (χ1v) is 4.56. The molecule has 1 heterocycles. The van der Waals surface area contributed by atoms with Gasteiger partial charge in [-0.25, -0.2) is 4.63 Å². The molecule has 3 N–H and O–H groups in total. The van der Waals surface area contributed by atoms with Crippen LogP contribution in [0.15, 0.2) is 35.0 Å². The van der Waals surface area contributed by atoms with Gasteiger partial charge < -0.3 is 10.8 Å². The van der Waals surface area contributed by atoms with E-state index < -0.39 is 11.9 Å². The normalized spacial score (nSPS) is 12.2. The molecule has 0 saturated carbocycles. The Morgan fingerprint density at radius 3 is 2.50 bits per heavy atom. The zero-order valence-electron chi connectivity index (χ0n) is 8.20. The van der Waals surface area contributed by atoms with Gasteiger partial charge in [0.15, 0.2) is 5.82 Å². The molecule has 0 aliphatic heterocycles. The predicted octanol–water partition coefficient (Wildman–Crippen LogP) is 0.868. The summed E-state index contributed by atoms with van der Waals surface area (Å²) in [6.07, 6.45) is 0. The summed E-state index contributed by atoms with van der Waals surface area (Å²) in [5.41, 5.74) is 6.19. The molecule has 16 heavy (non-hydrogen) atoms. The molecule has 0 bridgehead atoms. The minimum absolute atomic E-state index is 0.00347. The highest BCUT2D eigenvalue weighted by Crippen LogP contribution is 2.26. The summed E-state index contributed by atoms with van der Waals surface area (Å²) in [5, 5.41) is 16.1. The molecular formula is C10H9N3O3. The van der Waals surface area contributed by atoms with Crippen LogP contribution in [0.5, 0.6) is 0 Å². The van der Waals surface area contributed by atoms with Crippen molar-refractivity contribution >= 4 is 11.8 Å². The zero-order valence-corrected chi connectivity index (χ0v) is 8.20. The second-order valence-electron chi connectivity index (χ2n) is 3.22. The lowest BCUT2D eigenvalue weighted by molar-refractivity contribution is -0.137. The minimum atomic E-state index is -1.05. The molecule has 0 aliphatic carbocycles. The van der Waals surface area contributed by atoms with Crippen LogP contribution in [-0.4, -0.2) is 21.4 Å². The summed E-state index contributed by atoms with van der Waals surface area (Å²) >= 11 is 0. The summed E-state index contributed by atoms with van der Waals surface area (Å²) in [6, 6.07) is 8.66. The number of benzene rings is 1. The van der Waals surface area contributed by atoms with E-state index in [0.717, 1.165) is 0 Å². The molecule has 1 aromatic heterocycles. The highest BCUT2D eigenvalue weighted by molar-refractivity contribution is 5.81. The van der Waals surface area contributed by atoms with Gasteiger partial charge in [0.1, 0.15) is 11.6 Å². The Morgan fingerprint density at radius 1 is 1.31 bits per heavy atom. The topological polar surface area (TPSA) is 102 Å². The third kappa shape index (κ3) is 1.72. The fraction of sp³-hybridized carbons (Fsp3) is 0.100. The second kappa shape index (κ2) is 4.01.